The van der Waals surface area contributed by atoms with E-state index in [2.05, 4.69) is 32.3 Å². The summed E-state index contributed by atoms with van der Waals surface area (Å²) in [5.74, 6) is 0.593. The molecular formula is C16H14N4. The Hall–Kier alpha value is -2.62. The molecule has 98 valence electrons. The number of benzene rings is 2. The van der Waals surface area contributed by atoms with Gasteiger partial charge in [-0.3, -0.25) is 0 Å². The standard InChI is InChI=1S/C16H14N4/c1-17-20-16-15(11-12-7-3-2-4-8-12)18-13-9-5-6-10-14(13)19-16/h2-10H,11H2,1H3. The van der Waals surface area contributed by atoms with Crippen LogP contribution in [-0.2, 0) is 6.42 Å². The van der Waals surface area contributed by atoms with E-state index >= 15 is 0 Å². The Labute approximate surface area is 117 Å². The third-order valence-electron chi connectivity index (χ3n) is 3.03. The lowest BCUT2D eigenvalue weighted by atomic mass is 10.1. The summed E-state index contributed by atoms with van der Waals surface area (Å²) >= 11 is 0. The number of para-hydroxylation sites is 2. The number of azo groups is 1. The number of nitrogens with zero attached hydrogens (tertiary/aromatic N) is 4. The Bertz CT molecular complexity index is 751. The summed E-state index contributed by atoms with van der Waals surface area (Å²) in [4.78, 5) is 9.21. The lowest BCUT2D eigenvalue weighted by molar-refractivity contribution is 1.02. The average Bonchev–Trinajstić information content (AvgIpc) is 2.49. The Morgan fingerprint density at radius 3 is 2.20 bits per heavy atom. The van der Waals surface area contributed by atoms with E-state index in [1.807, 2.05) is 42.5 Å². The van der Waals surface area contributed by atoms with E-state index in [1.165, 1.54) is 5.56 Å². The summed E-state index contributed by atoms with van der Waals surface area (Å²) < 4.78 is 0. The molecule has 1 heterocycles. The lowest BCUT2D eigenvalue weighted by Gasteiger charge is -2.06. The second kappa shape index (κ2) is 5.57. The van der Waals surface area contributed by atoms with Gasteiger partial charge < -0.3 is 0 Å². The largest absolute Gasteiger partial charge is 0.247 e. The van der Waals surface area contributed by atoms with Crippen molar-refractivity contribution in [1.82, 2.24) is 9.97 Å². The normalized spacial score (nSPS) is 11.2. The van der Waals surface area contributed by atoms with Gasteiger partial charge in [-0.25, -0.2) is 9.97 Å². The summed E-state index contributed by atoms with van der Waals surface area (Å²) in [6.07, 6.45) is 0.701. The van der Waals surface area contributed by atoms with Crippen LogP contribution in [0.2, 0.25) is 0 Å². The van der Waals surface area contributed by atoms with E-state index in [0.29, 0.717) is 12.2 Å². The van der Waals surface area contributed by atoms with E-state index in [4.69, 9.17) is 0 Å². The molecule has 0 aliphatic heterocycles. The van der Waals surface area contributed by atoms with E-state index < -0.39 is 0 Å². The van der Waals surface area contributed by atoms with Gasteiger partial charge >= 0.3 is 0 Å². The van der Waals surface area contributed by atoms with Crippen LogP contribution in [0.3, 0.4) is 0 Å². The first-order valence-electron chi connectivity index (χ1n) is 6.46. The van der Waals surface area contributed by atoms with Crippen LogP contribution in [-0.4, -0.2) is 17.0 Å². The second-order valence-electron chi connectivity index (χ2n) is 4.44. The maximum atomic E-state index is 4.67. The van der Waals surface area contributed by atoms with E-state index in [-0.39, 0.29) is 0 Å². The minimum atomic E-state index is 0.593. The highest BCUT2D eigenvalue weighted by Crippen LogP contribution is 2.22. The molecule has 0 unspecified atom stereocenters. The molecule has 3 aromatic rings. The Morgan fingerprint density at radius 1 is 0.850 bits per heavy atom. The predicted octanol–water partition coefficient (Wildman–Crippen LogP) is 3.93. The molecule has 0 fully saturated rings. The summed E-state index contributed by atoms with van der Waals surface area (Å²) in [5.41, 5.74) is 3.75. The summed E-state index contributed by atoms with van der Waals surface area (Å²) in [6, 6.07) is 18.0. The number of hydrogen-bond donors (Lipinski definition) is 0. The number of aromatic nitrogens is 2. The fourth-order valence-electron chi connectivity index (χ4n) is 2.11. The lowest BCUT2D eigenvalue weighted by Crippen LogP contribution is -1.96. The minimum Gasteiger partial charge on any atom is -0.247 e. The van der Waals surface area contributed by atoms with Crippen molar-refractivity contribution in [3.05, 3.63) is 65.9 Å². The third kappa shape index (κ3) is 2.54. The number of fused-ring (bicyclic) bond motifs is 1. The van der Waals surface area contributed by atoms with Gasteiger partial charge in [-0.2, -0.15) is 5.11 Å². The first-order valence-corrected chi connectivity index (χ1v) is 6.46. The highest BCUT2D eigenvalue weighted by atomic mass is 15.1. The van der Waals surface area contributed by atoms with E-state index in [9.17, 15) is 0 Å². The number of hydrogen-bond acceptors (Lipinski definition) is 4. The van der Waals surface area contributed by atoms with Gasteiger partial charge in [-0.15, -0.1) is 5.11 Å². The van der Waals surface area contributed by atoms with Crippen molar-refractivity contribution in [3.8, 4) is 0 Å². The zero-order valence-electron chi connectivity index (χ0n) is 11.2. The van der Waals surface area contributed by atoms with Crippen molar-refractivity contribution >= 4 is 16.9 Å². The zero-order valence-corrected chi connectivity index (χ0v) is 11.2. The molecule has 0 atom stereocenters. The van der Waals surface area contributed by atoms with Crippen molar-refractivity contribution in [2.45, 2.75) is 6.42 Å². The molecule has 0 amide bonds. The third-order valence-corrected chi connectivity index (χ3v) is 3.03. The van der Waals surface area contributed by atoms with E-state index in [1.54, 1.807) is 7.05 Å². The Morgan fingerprint density at radius 2 is 1.50 bits per heavy atom. The van der Waals surface area contributed by atoms with Crippen LogP contribution in [0.1, 0.15) is 11.3 Å². The molecule has 0 bridgehead atoms. The monoisotopic (exact) mass is 262 g/mol. The molecule has 3 rings (SSSR count). The van der Waals surface area contributed by atoms with Crippen LogP contribution >= 0.6 is 0 Å². The van der Waals surface area contributed by atoms with Gasteiger partial charge in [0.25, 0.3) is 0 Å². The summed E-state index contributed by atoms with van der Waals surface area (Å²) in [6.45, 7) is 0. The first-order chi connectivity index (χ1) is 9.86. The topological polar surface area (TPSA) is 50.5 Å². The molecule has 0 aliphatic rings. The fraction of sp³-hybridized carbons (Fsp3) is 0.125. The van der Waals surface area contributed by atoms with Crippen molar-refractivity contribution in [1.29, 1.82) is 0 Å². The molecule has 4 heteroatoms. The van der Waals surface area contributed by atoms with Crippen LogP contribution < -0.4 is 0 Å². The Kier molecular flexibility index (Phi) is 3.46. The molecule has 0 aliphatic carbocycles. The highest BCUT2D eigenvalue weighted by Gasteiger charge is 2.09. The fourth-order valence-corrected chi connectivity index (χ4v) is 2.11. The maximum absolute atomic E-state index is 4.67. The molecular weight excluding hydrogens is 248 g/mol. The van der Waals surface area contributed by atoms with Crippen LogP contribution in [0, 0.1) is 0 Å². The van der Waals surface area contributed by atoms with Crippen LogP contribution in [0.4, 0.5) is 5.82 Å². The van der Waals surface area contributed by atoms with E-state index in [0.717, 1.165) is 16.7 Å². The molecule has 2 aromatic carbocycles. The van der Waals surface area contributed by atoms with Crippen molar-refractivity contribution in [2.24, 2.45) is 10.2 Å². The zero-order chi connectivity index (χ0) is 13.8. The van der Waals surface area contributed by atoms with Gasteiger partial charge in [0.1, 0.15) is 0 Å². The van der Waals surface area contributed by atoms with Crippen LogP contribution in [0.15, 0.2) is 64.8 Å². The van der Waals surface area contributed by atoms with Gasteiger partial charge in [0, 0.05) is 13.5 Å². The molecule has 20 heavy (non-hydrogen) atoms. The molecule has 0 radical (unpaired) electrons. The Balaban J connectivity index is 2.10. The number of rotatable bonds is 3. The molecule has 1 aromatic heterocycles. The predicted molar refractivity (Wildman–Crippen MR) is 79.2 cm³/mol. The highest BCUT2D eigenvalue weighted by molar-refractivity contribution is 5.75. The molecule has 0 saturated heterocycles. The van der Waals surface area contributed by atoms with Crippen molar-refractivity contribution in [3.63, 3.8) is 0 Å². The summed E-state index contributed by atoms with van der Waals surface area (Å²) in [7, 11) is 1.64. The molecule has 4 nitrogen and oxygen atoms in total. The van der Waals surface area contributed by atoms with Gasteiger partial charge in [-0.1, -0.05) is 42.5 Å². The van der Waals surface area contributed by atoms with Gasteiger partial charge in [0.15, 0.2) is 5.82 Å². The minimum absolute atomic E-state index is 0.593. The maximum Gasteiger partial charge on any atom is 0.196 e. The first kappa shape index (κ1) is 12.4. The van der Waals surface area contributed by atoms with Crippen molar-refractivity contribution < 1.29 is 0 Å². The second-order valence-corrected chi connectivity index (χ2v) is 4.44. The van der Waals surface area contributed by atoms with Gasteiger partial charge in [-0.05, 0) is 17.7 Å². The molecule has 0 saturated carbocycles. The van der Waals surface area contributed by atoms with Crippen LogP contribution in [0.5, 0.6) is 0 Å². The van der Waals surface area contributed by atoms with Crippen molar-refractivity contribution in [2.75, 3.05) is 7.05 Å². The van der Waals surface area contributed by atoms with Gasteiger partial charge in [0.05, 0.1) is 16.7 Å². The average molecular weight is 262 g/mol. The quantitative estimate of drug-likeness (QED) is 0.671. The molecule has 0 N–H and O–H groups in total. The summed E-state index contributed by atoms with van der Waals surface area (Å²) in [5, 5.41) is 7.94. The van der Waals surface area contributed by atoms with Gasteiger partial charge in [0.2, 0.25) is 0 Å². The van der Waals surface area contributed by atoms with Crippen LogP contribution in [0.25, 0.3) is 11.0 Å². The smallest absolute Gasteiger partial charge is 0.196 e. The SMILES string of the molecule is CN=Nc1nc2ccccc2nc1Cc1ccccc1. The molecule has 0 spiro atoms.